The lowest BCUT2D eigenvalue weighted by atomic mass is 10.1. The number of carbonyl (C=O) groups excluding carboxylic acids is 1. The van der Waals surface area contributed by atoms with Gasteiger partial charge in [0.05, 0.1) is 5.92 Å². The summed E-state index contributed by atoms with van der Waals surface area (Å²) in [6.45, 7) is 4.57. The van der Waals surface area contributed by atoms with E-state index in [1.54, 1.807) is 18.3 Å². The minimum absolute atomic E-state index is 0.203. The normalized spacial score (nSPS) is 16.4. The molecule has 7 heteroatoms. The molecule has 1 aliphatic heterocycles. The zero-order valence-electron chi connectivity index (χ0n) is 14.7. The summed E-state index contributed by atoms with van der Waals surface area (Å²) in [4.78, 5) is 29.2. The maximum absolute atomic E-state index is 12.4. The van der Waals surface area contributed by atoms with Crippen LogP contribution in [0.15, 0.2) is 36.5 Å². The highest BCUT2D eigenvalue weighted by Crippen LogP contribution is 2.30. The highest BCUT2D eigenvalue weighted by Gasteiger charge is 2.31. The Labute approximate surface area is 151 Å². The largest absolute Gasteiger partial charge is 0.481 e. The molecule has 1 aliphatic rings. The van der Waals surface area contributed by atoms with E-state index >= 15 is 0 Å². The van der Waals surface area contributed by atoms with E-state index in [4.69, 9.17) is 9.84 Å². The maximum atomic E-state index is 12.4. The molecule has 0 spiro atoms. The van der Waals surface area contributed by atoms with Gasteiger partial charge in [-0.3, -0.25) is 4.79 Å². The van der Waals surface area contributed by atoms with Crippen molar-refractivity contribution in [3.63, 3.8) is 0 Å². The third kappa shape index (κ3) is 3.77. The van der Waals surface area contributed by atoms with E-state index in [9.17, 15) is 9.59 Å². The number of aromatic nitrogens is 1. The van der Waals surface area contributed by atoms with Gasteiger partial charge < -0.3 is 20.1 Å². The fraction of sp³-hybridized carbons (Fsp3) is 0.316. The van der Waals surface area contributed by atoms with Crippen LogP contribution in [0, 0.1) is 19.8 Å². The number of anilines is 1. The lowest BCUT2D eigenvalue weighted by molar-refractivity contribution is -0.141. The molecule has 1 atom stereocenters. The number of benzene rings is 1. The number of nitrogens with one attached hydrogen (secondary N) is 1. The molecule has 1 unspecified atom stereocenters. The van der Waals surface area contributed by atoms with Crippen LogP contribution in [0.3, 0.4) is 0 Å². The molecule has 2 N–H and O–H groups in total. The smallest absolute Gasteiger partial charge is 0.322 e. The number of hydrogen-bond acceptors (Lipinski definition) is 4. The van der Waals surface area contributed by atoms with Crippen LogP contribution in [-0.2, 0) is 4.79 Å². The number of nitrogens with zero attached hydrogens (tertiary/aromatic N) is 2. The number of carboxylic acid groups (broad SMARTS) is 1. The van der Waals surface area contributed by atoms with Gasteiger partial charge in [-0.25, -0.2) is 9.78 Å². The number of aryl methyl sites for hydroxylation is 1. The molecule has 2 heterocycles. The first-order valence-corrected chi connectivity index (χ1v) is 8.43. The first-order chi connectivity index (χ1) is 12.5. The molecular weight excluding hydrogens is 334 g/mol. The predicted octanol–water partition coefficient (Wildman–Crippen LogP) is 3.43. The van der Waals surface area contributed by atoms with Gasteiger partial charge in [0.1, 0.15) is 11.4 Å². The van der Waals surface area contributed by atoms with Crippen molar-refractivity contribution in [2.75, 3.05) is 18.4 Å². The predicted molar refractivity (Wildman–Crippen MR) is 96.6 cm³/mol. The Bertz CT molecular complexity index is 837. The van der Waals surface area contributed by atoms with Crippen molar-refractivity contribution >= 4 is 17.7 Å². The number of hydrogen-bond donors (Lipinski definition) is 2. The molecule has 1 fully saturated rings. The standard InChI is InChI=1S/C19H21N3O4/c1-12-5-3-7-16(13(12)2)26-17-15(6-4-9-20-17)21-19(25)22-10-8-14(11-22)18(23)24/h3-7,9,14H,8,10-11H2,1-2H3,(H,21,25)(H,23,24). The number of urea groups is 1. The zero-order chi connectivity index (χ0) is 18.7. The van der Waals surface area contributed by atoms with E-state index < -0.39 is 11.9 Å². The van der Waals surface area contributed by atoms with Crippen LogP contribution in [0.4, 0.5) is 10.5 Å². The summed E-state index contributed by atoms with van der Waals surface area (Å²) in [5.74, 6) is -0.421. The van der Waals surface area contributed by atoms with E-state index in [1.807, 2.05) is 32.0 Å². The van der Waals surface area contributed by atoms with Gasteiger partial charge >= 0.3 is 12.0 Å². The summed E-state index contributed by atoms with van der Waals surface area (Å²) >= 11 is 0. The SMILES string of the molecule is Cc1cccc(Oc2ncccc2NC(=O)N2CCC(C(=O)O)C2)c1C. The molecule has 0 radical (unpaired) electrons. The highest BCUT2D eigenvalue weighted by molar-refractivity contribution is 5.91. The molecule has 1 aromatic heterocycles. The molecule has 0 bridgehead atoms. The van der Waals surface area contributed by atoms with Crippen LogP contribution in [0.5, 0.6) is 11.6 Å². The van der Waals surface area contributed by atoms with Crippen LogP contribution >= 0.6 is 0 Å². The molecule has 1 saturated heterocycles. The number of amides is 2. The van der Waals surface area contributed by atoms with E-state index in [1.165, 1.54) is 4.90 Å². The van der Waals surface area contributed by atoms with Crippen molar-refractivity contribution in [3.05, 3.63) is 47.7 Å². The first-order valence-electron chi connectivity index (χ1n) is 8.43. The van der Waals surface area contributed by atoms with Gasteiger partial charge in [-0.05, 0) is 49.6 Å². The monoisotopic (exact) mass is 355 g/mol. The van der Waals surface area contributed by atoms with Gasteiger partial charge in [-0.15, -0.1) is 0 Å². The fourth-order valence-corrected chi connectivity index (χ4v) is 2.85. The van der Waals surface area contributed by atoms with Crippen molar-refractivity contribution in [1.29, 1.82) is 0 Å². The summed E-state index contributed by atoms with van der Waals surface area (Å²) in [5, 5.41) is 11.8. The van der Waals surface area contributed by atoms with Crippen LogP contribution in [0.1, 0.15) is 17.5 Å². The Kier molecular flexibility index (Phi) is 5.06. The van der Waals surface area contributed by atoms with Crippen molar-refractivity contribution < 1.29 is 19.4 Å². The van der Waals surface area contributed by atoms with Gasteiger partial charge in [-0.2, -0.15) is 0 Å². The Morgan fingerprint density at radius 2 is 2.08 bits per heavy atom. The molecule has 136 valence electrons. The highest BCUT2D eigenvalue weighted by atomic mass is 16.5. The molecular formula is C19H21N3O4. The van der Waals surface area contributed by atoms with Crippen LogP contribution in [0.25, 0.3) is 0 Å². The van der Waals surface area contributed by atoms with Crippen LogP contribution in [0.2, 0.25) is 0 Å². The minimum atomic E-state index is -0.874. The van der Waals surface area contributed by atoms with E-state index in [0.29, 0.717) is 30.3 Å². The van der Waals surface area contributed by atoms with E-state index in [2.05, 4.69) is 10.3 Å². The molecule has 0 saturated carbocycles. The number of rotatable bonds is 4. The zero-order valence-corrected chi connectivity index (χ0v) is 14.7. The van der Waals surface area contributed by atoms with Gasteiger partial charge in [-0.1, -0.05) is 12.1 Å². The van der Waals surface area contributed by atoms with Crippen LogP contribution < -0.4 is 10.1 Å². The van der Waals surface area contributed by atoms with Crippen molar-refractivity contribution in [1.82, 2.24) is 9.88 Å². The summed E-state index contributed by atoms with van der Waals surface area (Å²) in [6, 6.07) is 8.80. The van der Waals surface area contributed by atoms with E-state index in [-0.39, 0.29) is 12.6 Å². The van der Waals surface area contributed by atoms with Crippen LogP contribution in [-0.4, -0.2) is 40.1 Å². The Morgan fingerprint density at radius 3 is 2.81 bits per heavy atom. The lowest BCUT2D eigenvalue weighted by Gasteiger charge is -2.18. The van der Waals surface area contributed by atoms with E-state index in [0.717, 1.165) is 11.1 Å². The summed E-state index contributed by atoms with van der Waals surface area (Å²) in [7, 11) is 0. The lowest BCUT2D eigenvalue weighted by Crippen LogP contribution is -2.33. The number of carboxylic acids is 1. The van der Waals surface area contributed by atoms with Crippen molar-refractivity contribution in [3.8, 4) is 11.6 Å². The second-order valence-corrected chi connectivity index (χ2v) is 6.36. The number of likely N-dealkylation sites (tertiary alicyclic amines) is 1. The summed E-state index contributed by atoms with van der Waals surface area (Å²) in [6.07, 6.45) is 2.05. The second-order valence-electron chi connectivity index (χ2n) is 6.36. The first kappa shape index (κ1) is 17.7. The van der Waals surface area contributed by atoms with Crippen molar-refractivity contribution in [2.45, 2.75) is 20.3 Å². The van der Waals surface area contributed by atoms with Gasteiger partial charge in [0.15, 0.2) is 0 Å². The average molecular weight is 355 g/mol. The second kappa shape index (κ2) is 7.43. The number of aliphatic carboxylic acids is 1. The average Bonchev–Trinajstić information content (AvgIpc) is 3.11. The minimum Gasteiger partial charge on any atom is -0.481 e. The number of carbonyl (C=O) groups is 2. The molecule has 7 nitrogen and oxygen atoms in total. The molecule has 2 amide bonds. The fourth-order valence-electron chi connectivity index (χ4n) is 2.85. The van der Waals surface area contributed by atoms with Gasteiger partial charge in [0.2, 0.25) is 5.88 Å². The molecule has 26 heavy (non-hydrogen) atoms. The molecule has 2 aromatic rings. The molecule has 1 aromatic carbocycles. The summed E-state index contributed by atoms with van der Waals surface area (Å²) in [5.41, 5.74) is 2.54. The third-order valence-electron chi connectivity index (χ3n) is 4.60. The Morgan fingerprint density at radius 1 is 1.27 bits per heavy atom. The van der Waals surface area contributed by atoms with Gasteiger partial charge in [0.25, 0.3) is 0 Å². The number of ether oxygens (including phenoxy) is 1. The topological polar surface area (TPSA) is 91.8 Å². The third-order valence-corrected chi connectivity index (χ3v) is 4.60. The molecule has 3 rings (SSSR count). The Balaban J connectivity index is 1.74. The Hall–Kier alpha value is -3.09. The number of pyridine rings is 1. The summed E-state index contributed by atoms with van der Waals surface area (Å²) < 4.78 is 5.91. The maximum Gasteiger partial charge on any atom is 0.322 e. The molecule has 0 aliphatic carbocycles. The van der Waals surface area contributed by atoms with Crippen molar-refractivity contribution in [2.24, 2.45) is 5.92 Å². The quantitative estimate of drug-likeness (QED) is 0.877. The van der Waals surface area contributed by atoms with Gasteiger partial charge in [0, 0.05) is 19.3 Å².